The first-order chi connectivity index (χ1) is 4.59. The predicted molar refractivity (Wildman–Crippen MR) is 50.6 cm³/mol. The van der Waals surface area contributed by atoms with Gasteiger partial charge in [-0.3, -0.25) is 0 Å². The van der Waals surface area contributed by atoms with E-state index in [1.54, 1.807) is 6.92 Å². The van der Waals surface area contributed by atoms with Crippen molar-refractivity contribution in [3.8, 4) is 0 Å². The first-order valence-electron chi connectivity index (χ1n) is 3.20. The van der Waals surface area contributed by atoms with Crippen molar-refractivity contribution in [1.29, 1.82) is 0 Å². The Morgan fingerprint density at radius 3 is 2.20 bits per heavy atom. The topological polar surface area (TPSA) is 0 Å². The lowest BCUT2D eigenvalue weighted by molar-refractivity contribution is 0.168. The fourth-order valence-electron chi connectivity index (χ4n) is 0.533. The number of hydrogen-bond donors (Lipinski definition) is 0. The van der Waals surface area contributed by atoms with Crippen LogP contribution >= 0.6 is 20.7 Å². The standard InChI is InChI=1S/C7H13F2I/c1-5(6(2)8)7(9)4-10-3/h5-7H,3-4H2,1-2H3. The van der Waals surface area contributed by atoms with Crippen LogP contribution in [0.15, 0.2) is 0 Å². The molecule has 0 aliphatic heterocycles. The fraction of sp³-hybridized carbons (Fsp3) is 0.857. The summed E-state index contributed by atoms with van der Waals surface area (Å²) in [6.07, 6.45) is -2.02. The van der Waals surface area contributed by atoms with E-state index >= 15 is 0 Å². The Hall–Kier alpha value is 0.460. The summed E-state index contributed by atoms with van der Waals surface area (Å²) in [6.45, 7) is 3.01. The molecule has 0 nitrogen and oxygen atoms in total. The van der Waals surface area contributed by atoms with Crippen LogP contribution in [0.3, 0.4) is 0 Å². The van der Waals surface area contributed by atoms with E-state index in [4.69, 9.17) is 0 Å². The predicted octanol–water partition coefficient (Wildman–Crippen LogP) is 2.72. The zero-order valence-corrected chi connectivity index (χ0v) is 8.44. The van der Waals surface area contributed by atoms with Crippen LogP contribution in [0.4, 0.5) is 8.78 Å². The van der Waals surface area contributed by atoms with Gasteiger partial charge in [0.2, 0.25) is 0 Å². The molecule has 0 heterocycles. The second kappa shape index (κ2) is 5.16. The highest BCUT2D eigenvalue weighted by Gasteiger charge is 2.20. The van der Waals surface area contributed by atoms with Gasteiger partial charge in [-0.05, 0) is 6.92 Å². The van der Waals surface area contributed by atoms with Crippen LogP contribution in [0, 0.1) is 5.92 Å². The summed E-state index contributed by atoms with van der Waals surface area (Å²) in [7, 11) is 0. The Morgan fingerprint density at radius 1 is 1.40 bits per heavy atom. The van der Waals surface area contributed by atoms with Gasteiger partial charge in [0.15, 0.2) is 0 Å². The van der Waals surface area contributed by atoms with Gasteiger partial charge in [-0.25, -0.2) is 8.78 Å². The molecule has 0 amide bonds. The first-order valence-corrected chi connectivity index (χ1v) is 6.25. The van der Waals surface area contributed by atoms with Crippen molar-refractivity contribution in [3.63, 3.8) is 0 Å². The van der Waals surface area contributed by atoms with Gasteiger partial charge in [0, 0.05) is 10.3 Å². The van der Waals surface area contributed by atoms with Crippen molar-refractivity contribution in [1.82, 2.24) is 0 Å². The summed E-state index contributed by atoms with van der Waals surface area (Å²) < 4.78 is 29.3. The minimum absolute atomic E-state index is 0.284. The molecule has 0 aliphatic rings. The Balaban J connectivity index is 3.68. The van der Waals surface area contributed by atoms with Crippen molar-refractivity contribution in [2.45, 2.75) is 26.2 Å². The van der Waals surface area contributed by atoms with E-state index in [2.05, 4.69) is 4.51 Å². The van der Waals surface area contributed by atoms with Crippen LogP contribution < -0.4 is 0 Å². The smallest absolute Gasteiger partial charge is 0.114 e. The molecule has 0 aromatic rings. The molecule has 0 spiro atoms. The SMILES string of the molecule is C=ICC(F)C(C)C(C)F. The van der Waals surface area contributed by atoms with Crippen molar-refractivity contribution in [2.24, 2.45) is 5.92 Å². The third-order valence-electron chi connectivity index (χ3n) is 1.55. The van der Waals surface area contributed by atoms with Crippen molar-refractivity contribution < 1.29 is 8.78 Å². The first kappa shape index (κ1) is 10.5. The Bertz CT molecular complexity index is 104. The van der Waals surface area contributed by atoms with E-state index < -0.39 is 18.3 Å². The third kappa shape index (κ3) is 3.58. The molecule has 0 rings (SSSR count). The average molecular weight is 262 g/mol. The van der Waals surface area contributed by atoms with Gasteiger partial charge in [0.1, 0.15) is 12.3 Å². The molecule has 0 aliphatic carbocycles. The summed E-state index contributed by atoms with van der Waals surface area (Å²) in [6, 6.07) is 0. The lowest BCUT2D eigenvalue weighted by Gasteiger charge is -2.15. The quantitative estimate of drug-likeness (QED) is 0.539. The van der Waals surface area contributed by atoms with E-state index in [0.717, 1.165) is 0 Å². The lowest BCUT2D eigenvalue weighted by Crippen LogP contribution is -2.22. The van der Waals surface area contributed by atoms with E-state index in [9.17, 15) is 8.78 Å². The Labute approximate surface area is 70.8 Å². The molecule has 10 heavy (non-hydrogen) atoms. The van der Waals surface area contributed by atoms with Gasteiger partial charge in [-0.15, -0.1) is 20.7 Å². The number of hydrogen-bond acceptors (Lipinski definition) is 0. The zero-order valence-electron chi connectivity index (χ0n) is 6.28. The van der Waals surface area contributed by atoms with E-state index in [1.165, 1.54) is 6.92 Å². The van der Waals surface area contributed by atoms with Gasteiger partial charge >= 0.3 is 0 Å². The molecule has 0 fully saturated rings. The van der Waals surface area contributed by atoms with Gasteiger partial charge in [-0.2, -0.15) is 0 Å². The van der Waals surface area contributed by atoms with Gasteiger partial charge in [-0.1, -0.05) is 11.4 Å². The van der Waals surface area contributed by atoms with Crippen molar-refractivity contribution in [2.75, 3.05) is 4.43 Å². The maximum Gasteiger partial charge on any atom is 0.114 e. The monoisotopic (exact) mass is 262 g/mol. The number of alkyl halides is 3. The second-order valence-electron chi connectivity index (χ2n) is 2.40. The lowest BCUT2D eigenvalue weighted by atomic mass is 10.0. The highest BCUT2D eigenvalue weighted by molar-refractivity contribution is 14.2. The highest BCUT2D eigenvalue weighted by atomic mass is 127. The largest absolute Gasteiger partial charge is 0.247 e. The maximum atomic E-state index is 12.8. The molecule has 62 valence electrons. The van der Waals surface area contributed by atoms with Crippen molar-refractivity contribution >= 4 is 25.2 Å². The normalized spacial score (nSPS) is 20.0. The van der Waals surface area contributed by atoms with E-state index in [-0.39, 0.29) is 20.7 Å². The molecule has 3 heteroatoms. The van der Waals surface area contributed by atoms with Crippen molar-refractivity contribution in [3.05, 3.63) is 0 Å². The Morgan fingerprint density at radius 2 is 1.90 bits per heavy atom. The number of rotatable bonds is 4. The highest BCUT2D eigenvalue weighted by Crippen LogP contribution is 2.17. The van der Waals surface area contributed by atoms with Crippen LogP contribution in [0.5, 0.6) is 0 Å². The molecular weight excluding hydrogens is 249 g/mol. The van der Waals surface area contributed by atoms with Gasteiger partial charge in [0.05, 0.1) is 0 Å². The van der Waals surface area contributed by atoms with E-state index in [1.807, 2.05) is 0 Å². The summed E-state index contributed by atoms with van der Waals surface area (Å²) in [5, 5.41) is 0. The van der Waals surface area contributed by atoms with Crippen LogP contribution in [0.25, 0.3) is 0 Å². The van der Waals surface area contributed by atoms with Crippen LogP contribution in [0.1, 0.15) is 13.8 Å². The second-order valence-corrected chi connectivity index (χ2v) is 4.36. The molecule has 0 N–H and O–H groups in total. The molecule has 0 saturated heterocycles. The summed E-state index contributed by atoms with van der Waals surface area (Å²) in [4.78, 5) is 0. The molecular formula is C7H13F2I. The average Bonchev–Trinajstić information content (AvgIpc) is 1.87. The van der Waals surface area contributed by atoms with Crippen LogP contribution in [-0.4, -0.2) is 21.3 Å². The maximum absolute atomic E-state index is 12.8. The molecule has 0 radical (unpaired) electrons. The van der Waals surface area contributed by atoms with Crippen LogP contribution in [-0.2, 0) is 0 Å². The van der Waals surface area contributed by atoms with Gasteiger partial charge < -0.3 is 0 Å². The van der Waals surface area contributed by atoms with E-state index in [0.29, 0.717) is 4.43 Å². The van der Waals surface area contributed by atoms with Gasteiger partial charge in [0.25, 0.3) is 0 Å². The molecule has 0 saturated carbocycles. The molecule has 3 unspecified atom stereocenters. The van der Waals surface area contributed by atoms with Crippen LogP contribution in [0.2, 0.25) is 0 Å². The Kier molecular flexibility index (Phi) is 5.39. The minimum atomic E-state index is -1.04. The molecule has 3 atom stereocenters. The summed E-state index contributed by atoms with van der Waals surface area (Å²) >= 11 is -0.284. The summed E-state index contributed by atoms with van der Waals surface area (Å²) in [5.41, 5.74) is 0. The molecule has 0 bridgehead atoms. The summed E-state index contributed by atoms with van der Waals surface area (Å²) in [5.74, 6) is -0.457. The molecule has 0 aromatic heterocycles. The fourth-order valence-corrected chi connectivity index (χ4v) is 1.93. The minimum Gasteiger partial charge on any atom is -0.247 e. The molecule has 0 aromatic carbocycles. The number of halogens is 3. The third-order valence-corrected chi connectivity index (χ3v) is 3.02. The zero-order chi connectivity index (χ0) is 8.15.